The van der Waals surface area contributed by atoms with Gasteiger partial charge in [0.25, 0.3) is 0 Å². The molecular weight excluding hydrogens is 725 g/mol. The van der Waals surface area contributed by atoms with Gasteiger partial charge in [-0.1, -0.05) is 61.7 Å². The summed E-state index contributed by atoms with van der Waals surface area (Å²) in [6.07, 6.45) is 0.110. The van der Waals surface area contributed by atoms with Gasteiger partial charge < -0.3 is 28.8 Å². The Balaban J connectivity index is 1.48. The smallest absolute Gasteiger partial charge is 0.476 e. The number of imidazole rings is 1. The zero-order valence-electron chi connectivity index (χ0n) is 29.6. The SMILES string of the molecule is C=CCOC(=O)Nc1nc(OCC=C)c2ncn([C@H]3C[C@H](OP(=O)(OCC=C)OC(C(=O)c4ccccc4)c4cc(OC)cc(OC)c4)[C@@H](CO)O3)c2n1. The van der Waals surface area contributed by atoms with Crippen molar-refractivity contribution in [2.75, 3.05) is 46.0 Å². The third-order valence-corrected chi connectivity index (χ3v) is 9.23. The van der Waals surface area contributed by atoms with Crippen LogP contribution < -0.4 is 19.5 Å². The first-order valence-corrected chi connectivity index (χ1v) is 18.0. The molecule has 4 aromatic rings. The average molecular weight is 766 g/mol. The molecule has 2 aromatic carbocycles. The fourth-order valence-corrected chi connectivity index (χ4v) is 6.81. The summed E-state index contributed by atoms with van der Waals surface area (Å²) in [5.41, 5.74) is 0.885. The molecule has 2 aromatic heterocycles. The summed E-state index contributed by atoms with van der Waals surface area (Å²) in [6.45, 7) is 9.96. The van der Waals surface area contributed by atoms with E-state index in [0.717, 1.165) is 0 Å². The average Bonchev–Trinajstić information content (AvgIpc) is 3.80. The van der Waals surface area contributed by atoms with Crippen molar-refractivity contribution in [3.8, 4) is 17.4 Å². The molecule has 54 heavy (non-hydrogen) atoms. The molecule has 5 atom stereocenters. The Morgan fingerprint density at radius 2 is 1.74 bits per heavy atom. The number of benzene rings is 2. The molecule has 1 amide bonds. The van der Waals surface area contributed by atoms with Gasteiger partial charge >= 0.3 is 13.9 Å². The van der Waals surface area contributed by atoms with Gasteiger partial charge in [0.1, 0.15) is 43.1 Å². The van der Waals surface area contributed by atoms with Gasteiger partial charge in [0.15, 0.2) is 23.1 Å². The molecule has 1 saturated heterocycles. The number of nitrogens with one attached hydrogen (secondary N) is 1. The standard InChI is InChI=1S/C36H40N5O12P/c1-6-14-48-34-30-33(38-35(39-34)40-36(44)49-15-7-2)41(22-37-30)29-20-27(28(21-42)51-29)52-54(45,50-16-8-3)53-32(31(43)23-12-10-9-11-13-23)24-17-25(46-4)19-26(18-24)47-5/h6-13,17-19,22,27-29,32,42H,1-3,14-16,20-21H2,4-5H3,(H,38,39,40,44)/t27-,28+,29+,32?,54?/m0/s1. The molecule has 3 heterocycles. The van der Waals surface area contributed by atoms with E-state index in [9.17, 15) is 19.3 Å². The van der Waals surface area contributed by atoms with Crippen LogP contribution in [0.25, 0.3) is 11.2 Å². The fraction of sp³-hybridized carbons (Fsp3) is 0.306. The summed E-state index contributed by atoms with van der Waals surface area (Å²) < 4.78 is 61.5. The molecule has 2 unspecified atom stereocenters. The number of carbonyl (C=O) groups is 2. The van der Waals surface area contributed by atoms with E-state index >= 15 is 0 Å². The highest BCUT2D eigenvalue weighted by Gasteiger charge is 2.45. The summed E-state index contributed by atoms with van der Waals surface area (Å²) in [7, 11) is -1.81. The van der Waals surface area contributed by atoms with Crippen molar-refractivity contribution in [1.29, 1.82) is 0 Å². The number of aliphatic hydroxyl groups is 1. The summed E-state index contributed by atoms with van der Waals surface area (Å²) in [4.78, 5) is 39.4. The maximum atomic E-state index is 14.6. The van der Waals surface area contributed by atoms with E-state index in [1.165, 1.54) is 43.3 Å². The molecule has 1 fully saturated rings. The van der Waals surface area contributed by atoms with Crippen LogP contribution in [0.2, 0.25) is 0 Å². The maximum Gasteiger partial charge on any atom is 0.476 e. The van der Waals surface area contributed by atoms with Crippen molar-refractivity contribution < 1.29 is 56.5 Å². The van der Waals surface area contributed by atoms with E-state index in [2.05, 4.69) is 40.0 Å². The van der Waals surface area contributed by atoms with Crippen LogP contribution in [-0.4, -0.2) is 89.4 Å². The van der Waals surface area contributed by atoms with Gasteiger partial charge in [-0.05, 0) is 17.7 Å². The van der Waals surface area contributed by atoms with Crippen molar-refractivity contribution in [1.82, 2.24) is 19.5 Å². The van der Waals surface area contributed by atoms with Crippen molar-refractivity contribution >= 4 is 36.8 Å². The number of phosphoric ester groups is 1. The Bertz CT molecular complexity index is 1990. The predicted molar refractivity (Wildman–Crippen MR) is 195 cm³/mol. The van der Waals surface area contributed by atoms with E-state index in [4.69, 9.17) is 37.3 Å². The van der Waals surface area contributed by atoms with Crippen LogP contribution in [0.5, 0.6) is 17.4 Å². The van der Waals surface area contributed by atoms with Crippen LogP contribution in [0.3, 0.4) is 0 Å². The largest absolute Gasteiger partial charge is 0.497 e. The van der Waals surface area contributed by atoms with E-state index in [0.29, 0.717) is 11.5 Å². The number of hydrogen-bond donors (Lipinski definition) is 2. The first-order valence-electron chi connectivity index (χ1n) is 16.5. The number of aromatic nitrogens is 4. The molecule has 17 nitrogen and oxygen atoms in total. The molecule has 0 spiro atoms. The number of aliphatic hydroxyl groups excluding tert-OH is 1. The number of ether oxygens (including phenoxy) is 5. The van der Waals surface area contributed by atoms with Gasteiger partial charge in [-0.2, -0.15) is 9.97 Å². The second-order valence-electron chi connectivity index (χ2n) is 11.4. The number of rotatable bonds is 20. The minimum atomic E-state index is -4.70. The Kier molecular flexibility index (Phi) is 13.7. The van der Waals surface area contributed by atoms with Gasteiger partial charge in [-0.15, -0.1) is 6.58 Å². The summed E-state index contributed by atoms with van der Waals surface area (Å²) >= 11 is 0. The molecule has 1 aliphatic rings. The van der Waals surface area contributed by atoms with Crippen molar-refractivity contribution in [3.05, 3.63) is 104 Å². The summed E-state index contributed by atoms with van der Waals surface area (Å²) in [5.74, 6) is -0.0131. The fourth-order valence-electron chi connectivity index (χ4n) is 5.32. The minimum Gasteiger partial charge on any atom is -0.497 e. The van der Waals surface area contributed by atoms with E-state index in [1.54, 1.807) is 48.5 Å². The first-order chi connectivity index (χ1) is 26.1. The van der Waals surface area contributed by atoms with Crippen LogP contribution in [-0.2, 0) is 27.6 Å². The summed E-state index contributed by atoms with van der Waals surface area (Å²) in [6, 6.07) is 13.0. The number of nitrogens with zero attached hydrogens (tertiary/aromatic N) is 4. The van der Waals surface area contributed by atoms with Crippen LogP contribution in [0.15, 0.2) is 92.8 Å². The van der Waals surface area contributed by atoms with Crippen molar-refractivity contribution in [2.45, 2.75) is 31.0 Å². The van der Waals surface area contributed by atoms with Gasteiger partial charge in [0.05, 0.1) is 33.8 Å². The monoisotopic (exact) mass is 765 g/mol. The predicted octanol–water partition coefficient (Wildman–Crippen LogP) is 5.76. The minimum absolute atomic E-state index is 0.0289. The molecule has 2 N–H and O–H groups in total. The molecule has 0 saturated carbocycles. The van der Waals surface area contributed by atoms with Gasteiger partial charge in [-0.25, -0.2) is 14.3 Å². The second kappa shape index (κ2) is 18.6. The molecule has 286 valence electrons. The number of ketones is 1. The zero-order valence-corrected chi connectivity index (χ0v) is 30.5. The molecule has 0 aliphatic carbocycles. The van der Waals surface area contributed by atoms with Gasteiger partial charge in [0, 0.05) is 18.1 Å². The van der Waals surface area contributed by atoms with Crippen LogP contribution in [0.4, 0.5) is 10.7 Å². The van der Waals surface area contributed by atoms with E-state index < -0.39 is 50.8 Å². The number of methoxy groups -OCH3 is 2. The first kappa shape index (κ1) is 39.8. The number of Topliss-reactive ketones (excluding diaryl/α,β-unsaturated/α-hetero) is 1. The lowest BCUT2D eigenvalue weighted by Crippen LogP contribution is -2.28. The Labute approximate surface area is 310 Å². The molecule has 0 bridgehead atoms. The number of amides is 1. The highest BCUT2D eigenvalue weighted by molar-refractivity contribution is 7.48. The third kappa shape index (κ3) is 9.57. The molecule has 1 aliphatic heterocycles. The topological polar surface area (TPSA) is 201 Å². The Morgan fingerprint density at radius 1 is 1.04 bits per heavy atom. The van der Waals surface area contributed by atoms with E-state index in [-0.39, 0.29) is 60.4 Å². The van der Waals surface area contributed by atoms with E-state index in [1.807, 2.05) is 0 Å². The van der Waals surface area contributed by atoms with Crippen molar-refractivity contribution in [2.24, 2.45) is 0 Å². The second-order valence-corrected chi connectivity index (χ2v) is 12.9. The number of hydrogen-bond acceptors (Lipinski definition) is 15. The molecule has 0 radical (unpaired) electrons. The zero-order chi connectivity index (χ0) is 38.7. The van der Waals surface area contributed by atoms with Crippen LogP contribution in [0.1, 0.15) is 34.7 Å². The summed E-state index contributed by atoms with van der Waals surface area (Å²) in [5, 5.41) is 12.8. The Hall–Kier alpha value is -5.42. The van der Waals surface area contributed by atoms with Gasteiger partial charge in [0.2, 0.25) is 11.8 Å². The number of fused-ring (bicyclic) bond motifs is 1. The van der Waals surface area contributed by atoms with Crippen LogP contribution in [0, 0.1) is 0 Å². The lowest BCUT2D eigenvalue weighted by Gasteiger charge is -2.27. The highest BCUT2D eigenvalue weighted by atomic mass is 31.2. The number of anilines is 1. The quantitative estimate of drug-likeness (QED) is 0.0624. The lowest BCUT2D eigenvalue weighted by molar-refractivity contribution is -0.0461. The maximum absolute atomic E-state index is 14.6. The van der Waals surface area contributed by atoms with Gasteiger partial charge in [-0.3, -0.25) is 28.2 Å². The Morgan fingerprint density at radius 3 is 2.39 bits per heavy atom. The lowest BCUT2D eigenvalue weighted by atomic mass is 9.99. The number of carbonyl (C=O) groups excluding carboxylic acids is 2. The highest BCUT2D eigenvalue weighted by Crippen LogP contribution is 2.57. The number of phosphoric acid groups is 1. The third-order valence-electron chi connectivity index (χ3n) is 7.77. The normalized spacial score (nSPS) is 18.2. The molecular formula is C36H40N5O12P. The molecule has 18 heteroatoms. The van der Waals surface area contributed by atoms with Crippen molar-refractivity contribution in [3.63, 3.8) is 0 Å². The van der Waals surface area contributed by atoms with Crippen LogP contribution >= 0.6 is 7.82 Å². The molecule has 5 rings (SSSR count).